The number of alkyl halides is 1. The smallest absolute Gasteiger partial charge is 0.0931 e. The molecule has 46 heavy (non-hydrogen) atoms. The largest absolute Gasteiger partial charge is 0.376 e. The zero-order valence-corrected chi connectivity index (χ0v) is 32.1. The van der Waals surface area contributed by atoms with Crippen molar-refractivity contribution in [2.45, 2.75) is 96.3 Å². The molecule has 2 amide bonds. The van der Waals surface area contributed by atoms with Crippen LogP contribution in [0.25, 0.3) is 0 Å². The number of nitrogens with zero attached hydrogens (tertiary/aromatic N) is 3. The van der Waals surface area contributed by atoms with Gasteiger partial charge in [-0.3, -0.25) is 0 Å². The van der Waals surface area contributed by atoms with Crippen molar-refractivity contribution in [1.82, 2.24) is 18.4 Å². The summed E-state index contributed by atoms with van der Waals surface area (Å²) in [4.78, 5) is 41.1. The number of nitrogens with one attached hydrogen (secondary N) is 1. The molecule has 0 aromatic carbocycles. The molecule has 3 aliphatic rings. The van der Waals surface area contributed by atoms with Crippen LogP contribution in [0.3, 0.4) is 0 Å². The number of hydrogen-bond donors (Lipinski definition) is 2. The van der Waals surface area contributed by atoms with Crippen molar-refractivity contribution in [3.05, 3.63) is 12.3 Å². The molecular weight excluding hydrogens is 721 g/mol. The Morgan fingerprint density at radius 2 is 1.76 bits per heavy atom. The predicted octanol–water partition coefficient (Wildman–Crippen LogP) is 0.476. The fourth-order valence-corrected chi connectivity index (χ4v) is 9.67. The predicted molar refractivity (Wildman–Crippen MR) is 177 cm³/mol. The topological polar surface area (TPSA) is 126 Å². The Morgan fingerprint density at radius 3 is 2.37 bits per heavy atom. The minimum absolute atomic E-state index is 0.0796. The number of halogens is 1. The van der Waals surface area contributed by atoms with Crippen molar-refractivity contribution in [3.63, 3.8) is 0 Å². The zero-order chi connectivity index (χ0) is 34.4. The van der Waals surface area contributed by atoms with Crippen molar-refractivity contribution in [2.24, 2.45) is 34.3 Å². The number of methoxy groups -OCH3 is 1. The van der Waals surface area contributed by atoms with Crippen molar-refractivity contribution in [3.8, 4) is 0 Å². The van der Waals surface area contributed by atoms with E-state index in [1.54, 1.807) is 24.2 Å². The van der Waals surface area contributed by atoms with Crippen LogP contribution in [0, 0.1) is 28.6 Å². The quantitative estimate of drug-likeness (QED) is 0.0435. The summed E-state index contributed by atoms with van der Waals surface area (Å²) in [6.45, 7) is 19.4. The molecule has 0 radical (unpaired) electrons. The maximum absolute atomic E-state index is 14.0. The van der Waals surface area contributed by atoms with Gasteiger partial charge in [-0.2, -0.15) is 0 Å². The number of rotatable bonds is 16. The summed E-state index contributed by atoms with van der Waals surface area (Å²) in [6, 6.07) is -0.576. The maximum Gasteiger partial charge on any atom is 0.0931 e. The second kappa shape index (κ2) is 16.7. The molecule has 0 spiro atoms. The van der Waals surface area contributed by atoms with Crippen LogP contribution in [0.15, 0.2) is 12.3 Å². The van der Waals surface area contributed by atoms with E-state index in [9.17, 15) is 14.4 Å². The molecular formula is C33H57IN5O6S-. The molecule has 0 aromatic rings. The fraction of sp³-hybridized carbons (Fsp3) is 0.818. The third kappa shape index (κ3) is 10.7. The Kier molecular flexibility index (Phi) is 14.1. The number of carbonyl (C=O) groups is 3. The molecule has 3 rings (SSSR count). The first-order valence-electron chi connectivity index (χ1n) is 16.5. The van der Waals surface area contributed by atoms with Gasteiger partial charge in [0.05, 0.1) is 6.10 Å². The summed E-state index contributed by atoms with van der Waals surface area (Å²) in [5.74, 6) is -0.658. The molecule has 0 saturated carbocycles. The molecule has 13 heteroatoms. The van der Waals surface area contributed by atoms with Gasteiger partial charge in [-0.05, 0) is 6.92 Å². The van der Waals surface area contributed by atoms with Crippen molar-refractivity contribution < 1.29 is 50.1 Å². The first kappa shape index (κ1) is 38.9. The fourth-order valence-electron chi connectivity index (χ4n) is 6.69. The van der Waals surface area contributed by atoms with E-state index in [0.29, 0.717) is 45.1 Å². The Bertz CT molecular complexity index is 1120. The average Bonchev–Trinajstić information content (AvgIpc) is 3.80. The Balaban J connectivity index is 1.58. The van der Waals surface area contributed by atoms with Gasteiger partial charge in [-0.15, -0.1) is 0 Å². The summed E-state index contributed by atoms with van der Waals surface area (Å²) in [5.41, 5.74) is 6.45. The van der Waals surface area contributed by atoms with Gasteiger partial charge in [0.15, 0.2) is 0 Å². The van der Waals surface area contributed by atoms with Gasteiger partial charge >= 0.3 is 231 Å². The van der Waals surface area contributed by atoms with Crippen LogP contribution in [0.4, 0.5) is 0 Å². The standard InChI is InChI=1S/C33H57IN5O6S/c1-21(24-12-15-44-16-13-24)29(40)39-28(34-39)25(17-27(35)46)30(41)38-14-10-11-26(37(38)8)31(42)45-20-33(6,7)18-32(4,5)19-36-22(2)23(3)43-9/h21,23-26,28,36H,2,10-20H2,1,3-9H3,(H2,35,46)/q-1/t21?,23-,25+,26-,28-,39?/m0/s1. The van der Waals surface area contributed by atoms with Crippen molar-refractivity contribution in [2.75, 3.05) is 47.1 Å². The second-order valence-electron chi connectivity index (χ2n) is 14.7. The number of thiocarbonyl (C=S) groups is 1. The number of esters is 1. The molecule has 5 atom stereocenters. The van der Waals surface area contributed by atoms with Crippen LogP contribution in [0.2, 0.25) is 0 Å². The first-order chi connectivity index (χ1) is 21.5. The minimum Gasteiger partial charge on any atom is -0.376 e. The van der Waals surface area contributed by atoms with E-state index in [1.807, 2.05) is 17.0 Å². The Hall–Kier alpha value is -1.55. The number of ether oxygens (including phenoxy) is 3. The first-order valence-corrected chi connectivity index (χ1v) is 19.1. The number of hydrogen-bond acceptors (Lipinski definition) is 9. The van der Waals surface area contributed by atoms with Gasteiger partial charge in [0.25, 0.3) is 0 Å². The summed E-state index contributed by atoms with van der Waals surface area (Å²) in [5, 5.41) is 6.76. The molecule has 11 nitrogen and oxygen atoms in total. The van der Waals surface area contributed by atoms with Crippen LogP contribution in [0.1, 0.15) is 80.1 Å². The third-order valence-corrected chi connectivity index (χ3v) is 12.7. The Morgan fingerprint density at radius 1 is 1.11 bits per heavy atom. The van der Waals surface area contributed by atoms with Crippen LogP contribution in [-0.2, 0) is 28.6 Å². The van der Waals surface area contributed by atoms with Gasteiger partial charge in [0.1, 0.15) is 0 Å². The van der Waals surface area contributed by atoms with Crippen LogP contribution in [-0.4, -0.2) is 99.2 Å². The number of hydrazine groups is 1. The molecule has 3 N–H and O–H groups in total. The third-order valence-electron chi connectivity index (χ3n) is 9.43. The van der Waals surface area contributed by atoms with Crippen molar-refractivity contribution >= 4 is 35.0 Å². The maximum atomic E-state index is 14.0. The van der Waals surface area contributed by atoms with E-state index >= 15 is 0 Å². The molecule has 3 fully saturated rings. The number of likely N-dealkylation sites (N-methyl/N-ethyl adjacent to an activating group) is 1. The van der Waals surface area contributed by atoms with E-state index in [4.69, 9.17) is 32.2 Å². The van der Waals surface area contributed by atoms with E-state index in [2.05, 4.69) is 39.6 Å². The SMILES string of the molecule is C=C(NCC(C)(C)CC(C)(C)COC(=O)[C@@H]1CCCN(C(=O)[C@H](CC(N)=S)[C@H]2[I-]N2C(=O)C(C)C2CCOCC2)N1C)[C@H](C)OC. The molecule has 0 aliphatic carbocycles. The monoisotopic (exact) mass is 778 g/mol. The van der Waals surface area contributed by atoms with E-state index in [1.165, 1.54) is 0 Å². The summed E-state index contributed by atoms with van der Waals surface area (Å²) in [7, 11) is 3.43. The zero-order valence-electron chi connectivity index (χ0n) is 29.1. The molecule has 3 heterocycles. The van der Waals surface area contributed by atoms with Gasteiger partial charge in [-0.25, -0.2) is 0 Å². The molecule has 0 aromatic heterocycles. The van der Waals surface area contributed by atoms with Gasteiger partial charge in [-0.1, -0.05) is 20.4 Å². The number of carbonyl (C=O) groups excluding carboxylic acids is 3. The van der Waals surface area contributed by atoms with E-state index in [0.717, 1.165) is 25.0 Å². The molecule has 264 valence electrons. The van der Waals surface area contributed by atoms with Crippen molar-refractivity contribution in [1.29, 1.82) is 0 Å². The van der Waals surface area contributed by atoms with Gasteiger partial charge in [0, 0.05) is 19.4 Å². The van der Waals surface area contributed by atoms with Gasteiger partial charge in [0.2, 0.25) is 0 Å². The minimum atomic E-state index is -0.634. The summed E-state index contributed by atoms with van der Waals surface area (Å²) in [6.07, 6.45) is 4.00. The number of amides is 2. The Labute approximate surface area is 292 Å². The van der Waals surface area contributed by atoms with E-state index < -0.39 is 33.4 Å². The summed E-state index contributed by atoms with van der Waals surface area (Å²) < 4.78 is 18.5. The number of nitrogens with two attached hydrogens (primary N) is 1. The second-order valence-corrected chi connectivity index (χ2v) is 18.1. The molecule has 3 aliphatic heterocycles. The normalized spacial score (nSPS) is 23.5. The van der Waals surface area contributed by atoms with E-state index in [-0.39, 0.29) is 62.7 Å². The summed E-state index contributed by atoms with van der Waals surface area (Å²) >= 11 is 4.61. The van der Waals surface area contributed by atoms with Gasteiger partial charge < -0.3 is 10.1 Å². The molecule has 0 bridgehead atoms. The molecule has 1 unspecified atom stereocenters. The van der Waals surface area contributed by atoms with Crippen LogP contribution in [0.5, 0.6) is 0 Å². The average molecular weight is 779 g/mol. The molecule has 3 saturated heterocycles. The van der Waals surface area contributed by atoms with Crippen LogP contribution < -0.4 is 32.5 Å². The van der Waals surface area contributed by atoms with Crippen LogP contribution >= 0.6 is 12.2 Å².